The molecule has 0 fully saturated rings. The van der Waals surface area contributed by atoms with E-state index in [-0.39, 0.29) is 51.2 Å². The first-order valence-corrected chi connectivity index (χ1v) is 16.6. The zero-order chi connectivity index (χ0) is 31.6. The smallest absolute Gasteiger partial charge is 0.224 e. The van der Waals surface area contributed by atoms with E-state index >= 15 is 0 Å². The number of anilines is 1. The molecule has 226 valence electrons. The molecule has 3 aliphatic heterocycles. The number of carbonyl (C=O) groups is 1. The van der Waals surface area contributed by atoms with Crippen molar-refractivity contribution in [2.45, 2.75) is 81.2 Å². The summed E-state index contributed by atoms with van der Waals surface area (Å²) < 4.78 is 83.8. The third-order valence-corrected chi connectivity index (χ3v) is 11.3. The molecule has 0 radical (unpaired) electrons. The Hall–Kier alpha value is -3.58. The van der Waals surface area contributed by atoms with Gasteiger partial charge < -0.3 is 19.2 Å². The van der Waals surface area contributed by atoms with E-state index in [1.807, 2.05) is 41.5 Å². The van der Waals surface area contributed by atoms with E-state index in [4.69, 9.17) is 4.74 Å². The summed E-state index contributed by atoms with van der Waals surface area (Å²) in [5.41, 5.74) is 1.60. The molecule has 0 bridgehead atoms. The summed E-state index contributed by atoms with van der Waals surface area (Å²) in [5, 5.41) is 3.46. The van der Waals surface area contributed by atoms with Crippen LogP contribution in [0.25, 0.3) is 5.57 Å². The predicted molar refractivity (Wildman–Crippen MR) is 155 cm³/mol. The lowest BCUT2D eigenvalue weighted by molar-refractivity contribution is -0.539. The van der Waals surface area contributed by atoms with Gasteiger partial charge in [-0.3, -0.25) is 4.79 Å². The summed E-state index contributed by atoms with van der Waals surface area (Å²) in [6, 6.07) is 9.55. The van der Waals surface area contributed by atoms with Gasteiger partial charge in [-0.15, -0.1) is 0 Å². The Morgan fingerprint density at radius 3 is 2.05 bits per heavy atom. The molecule has 0 saturated heterocycles. The maximum Gasteiger partial charge on any atom is 0.224 e. The third kappa shape index (κ3) is 4.18. The summed E-state index contributed by atoms with van der Waals surface area (Å²) in [4.78, 5) is 13.9. The van der Waals surface area contributed by atoms with Crippen molar-refractivity contribution in [2.75, 3.05) is 5.32 Å². The molecule has 0 saturated carbocycles. The molecule has 0 amide bonds. The molecule has 3 heterocycles. The predicted octanol–water partition coefficient (Wildman–Crippen LogP) is 1.52. The lowest BCUT2D eigenvalue weighted by Crippen LogP contribution is -2.81. The third-order valence-electron chi connectivity index (χ3n) is 9.57. The number of ketones is 1. The zero-order valence-electron chi connectivity index (χ0n) is 24.7. The fourth-order valence-corrected chi connectivity index (χ4v) is 7.92. The molecule has 3 aliphatic rings. The van der Waals surface area contributed by atoms with Crippen LogP contribution in [0.1, 0.15) is 81.1 Å². The Morgan fingerprint density at radius 2 is 1.49 bits per heavy atom. The number of benzene rings is 3. The molecular weight excluding hydrogens is 592 g/mol. The highest BCUT2D eigenvalue weighted by molar-refractivity contribution is 7.86. The van der Waals surface area contributed by atoms with Gasteiger partial charge in [0.25, 0.3) is 0 Å². The van der Waals surface area contributed by atoms with Crippen LogP contribution in [0.3, 0.4) is 0 Å². The number of rotatable bonds is 4. The van der Waals surface area contributed by atoms with E-state index in [9.17, 15) is 30.7 Å². The van der Waals surface area contributed by atoms with Crippen LogP contribution in [-0.2, 0) is 31.1 Å². The van der Waals surface area contributed by atoms with Crippen LogP contribution in [0.4, 0.5) is 5.69 Å². The molecule has 10 nitrogen and oxygen atoms in total. The summed E-state index contributed by atoms with van der Waals surface area (Å²) in [7, 11) is -10.4. The van der Waals surface area contributed by atoms with Crippen LogP contribution in [0.2, 0.25) is 0 Å². The Kier molecular flexibility index (Phi) is 6.16. The van der Waals surface area contributed by atoms with Crippen LogP contribution in [0.15, 0.2) is 46.2 Å². The second-order valence-corrected chi connectivity index (χ2v) is 15.3. The number of fused-ring (bicyclic) bond motifs is 4. The van der Waals surface area contributed by atoms with Crippen molar-refractivity contribution in [3.63, 3.8) is 0 Å². The number of carbonyl (C=O) groups excluding carboxylic acids is 1. The van der Waals surface area contributed by atoms with Crippen molar-refractivity contribution in [2.24, 2.45) is 0 Å². The lowest BCUT2D eigenvalue weighted by Gasteiger charge is -2.29. The molecular formula is C31H31N2O8S2-. The van der Waals surface area contributed by atoms with Gasteiger partial charge in [0.05, 0.1) is 11.1 Å². The molecule has 0 aliphatic carbocycles. The minimum absolute atomic E-state index is 0.0848. The van der Waals surface area contributed by atoms with Gasteiger partial charge >= 0.3 is 0 Å². The highest BCUT2D eigenvalue weighted by Crippen LogP contribution is 2.52. The first kappa shape index (κ1) is 29.5. The van der Waals surface area contributed by atoms with Crippen molar-refractivity contribution >= 4 is 37.3 Å². The average Bonchev–Trinajstić information content (AvgIpc) is 3.24. The topological polar surface area (TPSA) is 167 Å². The maximum absolute atomic E-state index is 12.9. The molecule has 2 atom stereocenters. The number of Topliss-reactive ketones (excluding diaryl/α,β-unsaturated/α-hetero) is 1. The van der Waals surface area contributed by atoms with E-state index in [2.05, 4.69) is 10.3 Å². The average molecular weight is 624 g/mol. The van der Waals surface area contributed by atoms with Crippen LogP contribution < -0.4 is 25.6 Å². The number of ether oxygens (including phenoxy) is 1. The molecule has 3 aromatic rings. The van der Waals surface area contributed by atoms with Gasteiger partial charge in [-0.25, -0.2) is 21.8 Å². The summed E-state index contributed by atoms with van der Waals surface area (Å²) >= 11 is 0. The maximum atomic E-state index is 12.9. The molecule has 0 unspecified atom stereocenters. The van der Waals surface area contributed by atoms with Crippen molar-refractivity contribution in [3.05, 3.63) is 74.8 Å². The van der Waals surface area contributed by atoms with E-state index in [0.29, 0.717) is 27.8 Å². The monoisotopic (exact) mass is 623 g/mol. The number of nitrogens with one attached hydrogen (secondary N) is 2. The molecule has 12 heteroatoms. The second-order valence-electron chi connectivity index (χ2n) is 12.7. The Morgan fingerprint density at radius 1 is 0.884 bits per heavy atom. The van der Waals surface area contributed by atoms with Gasteiger partial charge in [0, 0.05) is 38.9 Å². The van der Waals surface area contributed by atoms with E-state index in [1.54, 1.807) is 36.4 Å². The molecule has 6 rings (SSSR count). The van der Waals surface area contributed by atoms with E-state index in [0.717, 1.165) is 0 Å². The van der Waals surface area contributed by atoms with Crippen LogP contribution in [0.5, 0.6) is 11.5 Å². The van der Waals surface area contributed by atoms with Gasteiger partial charge in [-0.05, 0) is 57.9 Å². The van der Waals surface area contributed by atoms with Crippen LogP contribution in [-0.4, -0.2) is 43.8 Å². The van der Waals surface area contributed by atoms with Gasteiger partial charge in [0.1, 0.15) is 25.1 Å². The second kappa shape index (κ2) is 8.98. The number of hydrogen-bond donors (Lipinski definition) is 2. The molecule has 0 spiro atoms. The Labute approximate surface area is 250 Å². The van der Waals surface area contributed by atoms with Crippen molar-refractivity contribution < 1.29 is 40.5 Å². The first-order valence-electron chi connectivity index (χ1n) is 13.8. The lowest BCUT2D eigenvalue weighted by atomic mass is 9.78. The standard InChI is InChI=1S/C31H32N2O8S2/c1-14(34)17-8-10-18(11-9-17)23-19-12-21-24(32-15(2)30(21,4)5)28(42(35,36)37)26(19)41-27-20(23)13-22-25(29(27)43(38,39)40)33-16(3)31(22,6)7/h8-13,15-16,32H,1-7H3,(H,35,36,37)(H,38,39,40)/p-1/t15-,16+/m0/s1. The van der Waals surface area contributed by atoms with Crippen LogP contribution in [0, 0.1) is 0 Å². The normalized spacial score (nSPS) is 21.1. The van der Waals surface area contributed by atoms with Gasteiger partial charge in [-0.2, -0.15) is 0 Å². The highest BCUT2D eigenvalue weighted by Gasteiger charge is 2.46. The minimum Gasteiger partial charge on any atom is -0.744 e. The molecule has 0 aromatic heterocycles. The zero-order valence-corrected chi connectivity index (χ0v) is 26.3. The van der Waals surface area contributed by atoms with Gasteiger partial charge in [0.2, 0.25) is 5.36 Å². The fraction of sp³-hybridized carbons (Fsp3) is 0.355. The highest BCUT2D eigenvalue weighted by atomic mass is 32.2. The van der Waals surface area contributed by atoms with Crippen molar-refractivity contribution in [1.29, 1.82) is 0 Å². The van der Waals surface area contributed by atoms with E-state index < -0.39 is 40.9 Å². The fourth-order valence-electron chi connectivity index (χ4n) is 6.32. The van der Waals surface area contributed by atoms with Crippen LogP contribution >= 0.6 is 0 Å². The first-order chi connectivity index (χ1) is 19.8. The molecule has 3 aromatic carbocycles. The quantitative estimate of drug-likeness (QED) is 0.253. The minimum atomic E-state index is -5.20. The Balaban J connectivity index is 1.88. The SMILES string of the molecule is CC(=O)c1ccc(C2=c3cc4c(c(S(=O)(=O)[O-])c3Oc3c2cc2c(c3S(=O)(=O)[O-])N[C@@H](C)C2(C)C)=[NH+][C@H](C)C4(C)C)cc1. The summed E-state index contributed by atoms with van der Waals surface area (Å²) in [6.45, 7) is 12.9. The molecule has 43 heavy (non-hydrogen) atoms. The van der Waals surface area contributed by atoms with Gasteiger partial charge in [0.15, 0.2) is 28.2 Å². The summed E-state index contributed by atoms with van der Waals surface area (Å²) in [6.07, 6.45) is 0. The largest absolute Gasteiger partial charge is 0.744 e. The van der Waals surface area contributed by atoms with Crippen molar-refractivity contribution in [3.8, 4) is 11.5 Å². The summed E-state index contributed by atoms with van der Waals surface area (Å²) in [5.74, 6) is -0.887. The molecule has 2 N–H and O–H groups in total. The Bertz CT molecular complexity index is 2130. The van der Waals surface area contributed by atoms with E-state index in [1.165, 1.54) is 6.92 Å². The number of hydrogen-bond acceptors (Lipinski definition) is 9. The van der Waals surface area contributed by atoms with Gasteiger partial charge in [-0.1, -0.05) is 38.1 Å². The van der Waals surface area contributed by atoms with Crippen molar-refractivity contribution in [1.82, 2.24) is 0 Å².